The zero-order chi connectivity index (χ0) is 20.9. The predicted octanol–water partition coefficient (Wildman–Crippen LogP) is 5.00. The molecule has 7 heteroatoms. The van der Waals surface area contributed by atoms with Crippen LogP contribution >= 0.6 is 0 Å². The van der Waals surface area contributed by atoms with Gasteiger partial charge in [-0.05, 0) is 6.92 Å². The van der Waals surface area contributed by atoms with E-state index in [-0.39, 0.29) is 23.1 Å². The summed E-state index contributed by atoms with van der Waals surface area (Å²) in [7, 11) is 0. The second kappa shape index (κ2) is 10.1. The Bertz CT molecular complexity index is 1100. The number of carbonyl (C=O) groups excluding carboxylic acids is 1. The number of aryl methyl sites for hydroxylation is 1. The maximum Gasteiger partial charge on any atom is 2.00 e. The summed E-state index contributed by atoms with van der Waals surface area (Å²) in [4.78, 5) is 11.8. The molecule has 0 fully saturated rings. The van der Waals surface area contributed by atoms with Crippen molar-refractivity contribution >= 4 is 11.7 Å². The average molecular weight is 454 g/mol. The summed E-state index contributed by atoms with van der Waals surface area (Å²) < 4.78 is 5.48. The van der Waals surface area contributed by atoms with E-state index in [1.54, 1.807) is 0 Å². The Labute approximate surface area is 191 Å². The van der Waals surface area contributed by atoms with Crippen molar-refractivity contribution < 1.29 is 26.4 Å². The van der Waals surface area contributed by atoms with Crippen LogP contribution in [0.3, 0.4) is 0 Å². The van der Waals surface area contributed by atoms with Gasteiger partial charge in [0, 0.05) is 23.8 Å². The Morgan fingerprint density at radius 1 is 1.16 bits per heavy atom. The van der Waals surface area contributed by atoms with Gasteiger partial charge in [-0.3, -0.25) is 0 Å². The quantitative estimate of drug-likeness (QED) is 0.349. The zero-order valence-electron chi connectivity index (χ0n) is 17.0. The fourth-order valence-corrected chi connectivity index (χ4v) is 3.31. The largest absolute Gasteiger partial charge is 2.00 e. The molecule has 2 N–H and O–H groups in total. The Balaban J connectivity index is 0.000000401. The summed E-state index contributed by atoms with van der Waals surface area (Å²) in [5, 5.41) is 9.80. The molecule has 1 aliphatic heterocycles. The molecule has 0 spiro atoms. The van der Waals surface area contributed by atoms with Crippen molar-refractivity contribution in [3.05, 3.63) is 102 Å². The van der Waals surface area contributed by atoms with Crippen LogP contribution in [0.4, 0.5) is 4.79 Å². The third kappa shape index (κ3) is 5.20. The van der Waals surface area contributed by atoms with Crippen molar-refractivity contribution in [2.24, 2.45) is 10.8 Å². The van der Waals surface area contributed by atoms with E-state index in [4.69, 9.17) is 10.3 Å². The van der Waals surface area contributed by atoms with Gasteiger partial charge in [0.15, 0.2) is 5.76 Å². The number of urea groups is 1. The van der Waals surface area contributed by atoms with Crippen molar-refractivity contribution in [1.29, 1.82) is 0 Å². The first-order valence-electron chi connectivity index (χ1n) is 9.70. The minimum atomic E-state index is -0.605. The van der Waals surface area contributed by atoms with Crippen molar-refractivity contribution in [1.82, 2.24) is 10.2 Å². The van der Waals surface area contributed by atoms with Crippen LogP contribution in [0.2, 0.25) is 0 Å². The molecule has 2 amide bonds. The van der Waals surface area contributed by atoms with E-state index >= 15 is 0 Å². The predicted molar refractivity (Wildman–Crippen MR) is 116 cm³/mol. The van der Waals surface area contributed by atoms with E-state index < -0.39 is 6.03 Å². The van der Waals surface area contributed by atoms with Gasteiger partial charge >= 0.3 is 23.1 Å². The van der Waals surface area contributed by atoms with E-state index in [0.717, 1.165) is 16.8 Å². The van der Waals surface area contributed by atoms with E-state index in [1.165, 1.54) is 10.6 Å². The van der Waals surface area contributed by atoms with Crippen molar-refractivity contribution in [3.8, 4) is 11.3 Å². The van der Waals surface area contributed by atoms with Crippen molar-refractivity contribution in [2.45, 2.75) is 19.4 Å². The van der Waals surface area contributed by atoms with Crippen LogP contribution in [0.15, 0.2) is 94.6 Å². The van der Waals surface area contributed by atoms with Crippen LogP contribution in [0, 0.1) is 6.92 Å². The molecule has 31 heavy (non-hydrogen) atoms. The molecule has 1 unspecified atom stereocenters. The number of nitrogens with zero attached hydrogens (tertiary/aromatic N) is 3. The van der Waals surface area contributed by atoms with Crippen LogP contribution in [-0.4, -0.2) is 21.9 Å². The number of carbonyl (C=O) groups is 1. The van der Waals surface area contributed by atoms with Crippen LogP contribution in [-0.2, 0) is 17.1 Å². The van der Waals surface area contributed by atoms with Crippen LogP contribution in [0.5, 0.6) is 0 Å². The average Bonchev–Trinajstić information content (AvgIpc) is 3.56. The number of hydrogen-bond donors (Lipinski definition) is 1. The van der Waals surface area contributed by atoms with E-state index in [9.17, 15) is 4.79 Å². The Morgan fingerprint density at radius 2 is 1.84 bits per heavy atom. The summed E-state index contributed by atoms with van der Waals surface area (Å²) in [6, 6.07) is 26.7. The molecule has 0 saturated heterocycles. The SMILES string of the molecule is Cc1ccc(-c2cc(C3CC([c-]4cccc4)=NN3C(N)=O)no2)cc1.[Fe+2].c1cc[cH-]c1. The number of hydrazone groups is 1. The van der Waals surface area contributed by atoms with Gasteiger partial charge < -0.3 is 10.3 Å². The second-order valence-corrected chi connectivity index (χ2v) is 7.07. The maximum atomic E-state index is 11.8. The molecule has 0 aliphatic carbocycles. The number of hydrogen-bond acceptors (Lipinski definition) is 4. The summed E-state index contributed by atoms with van der Waals surface area (Å²) in [5.41, 5.74) is 10.0. The standard InChI is InChI=1S/C19H17N4O2.C5H5.Fe/c1-12-6-8-14(9-7-12)18-11-16(22-25-18)17-10-15(13-4-2-3-5-13)21-23(17)19(20)24;1-2-4-5-3-1;/h2-9,11,17H,10H2,1H3,(H2,20,24);1-5H;/q2*-1;+2. The number of rotatable bonds is 3. The maximum absolute atomic E-state index is 11.8. The van der Waals surface area contributed by atoms with Gasteiger partial charge in [0.2, 0.25) is 0 Å². The monoisotopic (exact) mass is 454 g/mol. The summed E-state index contributed by atoms with van der Waals surface area (Å²) in [5.74, 6) is 0.654. The Morgan fingerprint density at radius 3 is 2.42 bits per heavy atom. The number of benzene rings is 1. The fourth-order valence-electron chi connectivity index (χ4n) is 3.31. The number of amides is 2. The zero-order valence-corrected chi connectivity index (χ0v) is 18.1. The molecule has 1 atom stereocenters. The number of nitrogens with two attached hydrogens (primary N) is 1. The molecule has 158 valence electrons. The molecule has 0 bridgehead atoms. The summed E-state index contributed by atoms with van der Waals surface area (Å²) in [6.07, 6.45) is 0.548. The number of primary amides is 1. The second-order valence-electron chi connectivity index (χ2n) is 7.07. The Kier molecular flexibility index (Phi) is 7.23. The first-order valence-corrected chi connectivity index (χ1v) is 9.70. The third-order valence-corrected chi connectivity index (χ3v) is 4.89. The van der Waals surface area contributed by atoms with Gasteiger partial charge in [-0.1, -0.05) is 35.0 Å². The topological polar surface area (TPSA) is 84.7 Å². The van der Waals surface area contributed by atoms with Crippen LogP contribution in [0.1, 0.15) is 29.3 Å². The molecule has 6 nitrogen and oxygen atoms in total. The minimum absolute atomic E-state index is 0. The van der Waals surface area contributed by atoms with Gasteiger partial charge in [-0.2, -0.15) is 35.4 Å². The molecular formula is C24H22FeN4O2. The molecule has 1 aliphatic rings. The first kappa shape index (κ1) is 22.3. The molecular weight excluding hydrogens is 432 g/mol. The summed E-state index contributed by atoms with van der Waals surface area (Å²) >= 11 is 0. The molecule has 5 rings (SSSR count). The normalized spacial score (nSPS) is 14.9. The van der Waals surface area contributed by atoms with Gasteiger partial charge in [0.05, 0.1) is 0 Å². The van der Waals surface area contributed by atoms with Crippen LogP contribution < -0.4 is 5.73 Å². The molecule has 3 aromatic carbocycles. The molecule has 0 radical (unpaired) electrons. The fraction of sp³-hybridized carbons (Fsp3) is 0.125. The molecule has 0 saturated carbocycles. The smallest absolute Gasteiger partial charge is 0.356 e. The van der Waals surface area contributed by atoms with Crippen molar-refractivity contribution in [2.75, 3.05) is 0 Å². The molecule has 4 aromatic rings. The Hall–Kier alpha value is -3.41. The molecule has 2 heterocycles. The van der Waals surface area contributed by atoms with E-state index in [2.05, 4.69) is 10.3 Å². The molecule has 1 aromatic heterocycles. The van der Waals surface area contributed by atoms with Gasteiger partial charge in [-0.15, -0.1) is 5.56 Å². The van der Waals surface area contributed by atoms with Gasteiger partial charge in [0.25, 0.3) is 0 Å². The van der Waals surface area contributed by atoms with E-state index in [0.29, 0.717) is 17.9 Å². The van der Waals surface area contributed by atoms with Gasteiger partial charge in [0.1, 0.15) is 11.7 Å². The van der Waals surface area contributed by atoms with Gasteiger partial charge in [-0.25, -0.2) is 34.1 Å². The third-order valence-electron chi connectivity index (χ3n) is 4.89. The number of aromatic nitrogens is 1. The van der Waals surface area contributed by atoms with Crippen molar-refractivity contribution in [3.63, 3.8) is 0 Å². The summed E-state index contributed by atoms with van der Waals surface area (Å²) in [6.45, 7) is 2.03. The van der Waals surface area contributed by atoms with E-state index in [1.807, 2.05) is 91.9 Å². The minimum Gasteiger partial charge on any atom is -0.356 e. The van der Waals surface area contributed by atoms with Crippen LogP contribution in [0.25, 0.3) is 11.3 Å². The first-order chi connectivity index (χ1) is 14.6.